The zero-order valence-electron chi connectivity index (χ0n) is 8.25. The monoisotopic (exact) mass is 266 g/mol. The molecule has 0 aromatic heterocycles. The average molecular weight is 266 g/mol. The second-order valence-electron chi connectivity index (χ2n) is 2.44. The summed E-state index contributed by atoms with van der Waals surface area (Å²) in [7, 11) is 0. The van der Waals surface area contributed by atoms with Crippen LogP contribution in [0.1, 0.15) is 0 Å². The van der Waals surface area contributed by atoms with Crippen molar-refractivity contribution in [2.24, 2.45) is 0 Å². The third kappa shape index (κ3) is 7.61. The van der Waals surface area contributed by atoms with E-state index in [0.717, 1.165) is 14.2 Å². The highest BCUT2D eigenvalue weighted by atomic mass is 32.2. The maximum atomic E-state index is 4.99. The molecule has 0 aliphatic carbocycles. The fourth-order valence-corrected chi connectivity index (χ4v) is 1.18. The van der Waals surface area contributed by atoms with E-state index in [2.05, 4.69) is 17.2 Å². The van der Waals surface area contributed by atoms with Gasteiger partial charge in [-0.2, -0.15) is 0 Å². The van der Waals surface area contributed by atoms with Crippen LogP contribution in [0.5, 0.6) is 0 Å². The van der Waals surface area contributed by atoms with Crippen molar-refractivity contribution in [3.05, 3.63) is 12.2 Å². The maximum absolute atomic E-state index is 4.99. The van der Waals surface area contributed by atoms with Crippen molar-refractivity contribution in [3.63, 3.8) is 0 Å². The summed E-state index contributed by atoms with van der Waals surface area (Å²) in [6.45, 7) is 5.30. The van der Waals surface area contributed by atoms with Crippen LogP contribution in [0, 0.1) is 0 Å². The minimum atomic E-state index is 0.698. The van der Waals surface area contributed by atoms with Crippen LogP contribution in [-0.2, 0) is 0 Å². The van der Waals surface area contributed by atoms with Gasteiger partial charge in [0.05, 0.1) is 0 Å². The highest BCUT2D eigenvalue weighted by Crippen LogP contribution is 1.97. The summed E-state index contributed by atoms with van der Waals surface area (Å²) >= 11 is 13.0. The minimum absolute atomic E-state index is 0.698. The summed E-state index contributed by atoms with van der Waals surface area (Å²) in [6, 6.07) is 0. The predicted octanol–water partition coefficient (Wildman–Crippen LogP) is 2.02. The Labute approximate surface area is 105 Å². The van der Waals surface area contributed by atoms with Crippen molar-refractivity contribution in [3.8, 4) is 0 Å². The first-order valence-corrected chi connectivity index (χ1v) is 7.17. The average Bonchev–Trinajstić information content (AvgIpc) is 2.22. The Morgan fingerprint density at radius 1 is 1.07 bits per heavy atom. The van der Waals surface area contributed by atoms with Gasteiger partial charge in [-0.3, -0.25) is 0 Å². The molecule has 0 radical (unpaired) electrons. The molecule has 0 heterocycles. The van der Waals surface area contributed by atoms with E-state index in [1.807, 2.05) is 12.5 Å². The molecule has 0 aliphatic heterocycles. The van der Waals surface area contributed by atoms with Crippen LogP contribution >= 0.6 is 48.0 Å². The smallest absolute Gasteiger partial charge is 0.133 e. The van der Waals surface area contributed by atoms with Crippen molar-refractivity contribution in [1.29, 1.82) is 0 Å². The Balaban J connectivity index is 3.56. The van der Waals surface area contributed by atoms with Crippen LogP contribution in [0.2, 0.25) is 0 Å². The van der Waals surface area contributed by atoms with Gasteiger partial charge in [0.15, 0.2) is 0 Å². The molecule has 0 bridgehead atoms. The Morgan fingerprint density at radius 3 is 1.71 bits per heavy atom. The summed E-state index contributed by atoms with van der Waals surface area (Å²) in [5.74, 6) is 0. The molecular formula is C8H14N2S4. The lowest BCUT2D eigenvalue weighted by Crippen LogP contribution is -2.27. The highest BCUT2D eigenvalue weighted by Gasteiger charge is 1.97. The normalized spacial score (nSPS) is 9.29. The first-order valence-electron chi connectivity index (χ1n) is 3.90. The van der Waals surface area contributed by atoms with Crippen LogP contribution in [0.4, 0.5) is 0 Å². The summed E-state index contributed by atoms with van der Waals surface area (Å²) in [5.41, 5.74) is 1.04. The van der Waals surface area contributed by atoms with Crippen molar-refractivity contribution < 1.29 is 0 Å². The predicted molar refractivity (Wildman–Crippen MR) is 77.4 cm³/mol. The zero-order chi connectivity index (χ0) is 11.0. The summed E-state index contributed by atoms with van der Waals surface area (Å²) in [4.78, 5) is 0. The number of hydrogen-bond acceptors (Lipinski definition) is 4. The second kappa shape index (κ2) is 8.52. The van der Waals surface area contributed by atoms with E-state index in [4.69, 9.17) is 24.4 Å². The molecule has 0 atom stereocenters. The van der Waals surface area contributed by atoms with Gasteiger partial charge in [-0.25, -0.2) is 0 Å². The number of rotatable bonds is 4. The number of hydrogen-bond donors (Lipinski definition) is 2. The van der Waals surface area contributed by atoms with E-state index in [0.29, 0.717) is 13.1 Å². The molecule has 80 valence electrons. The zero-order valence-corrected chi connectivity index (χ0v) is 11.5. The van der Waals surface area contributed by atoms with Gasteiger partial charge in [-0.15, -0.1) is 23.5 Å². The molecule has 2 nitrogen and oxygen atoms in total. The lowest BCUT2D eigenvalue weighted by Gasteiger charge is -2.09. The molecule has 2 N–H and O–H groups in total. The number of thiocarbonyl (C=S) groups is 2. The van der Waals surface area contributed by atoms with Crippen molar-refractivity contribution in [2.75, 3.05) is 25.6 Å². The van der Waals surface area contributed by atoms with Gasteiger partial charge in [0.25, 0.3) is 0 Å². The standard InChI is InChI=1S/C8H14N2S4/c1-6(4-9-7(11)13-2)5-10-8(12)14-3/h1,4-5H2,2-3H3,(H,9,11)(H,10,12). The highest BCUT2D eigenvalue weighted by molar-refractivity contribution is 8.22. The maximum Gasteiger partial charge on any atom is 0.133 e. The largest absolute Gasteiger partial charge is 0.367 e. The van der Waals surface area contributed by atoms with Crippen LogP contribution in [0.25, 0.3) is 0 Å². The van der Waals surface area contributed by atoms with Crippen molar-refractivity contribution in [1.82, 2.24) is 10.6 Å². The molecule has 6 heteroatoms. The molecule has 0 fully saturated rings. The summed E-state index contributed by atoms with van der Waals surface area (Å²) < 4.78 is 1.58. The van der Waals surface area contributed by atoms with Crippen LogP contribution in [0.15, 0.2) is 12.2 Å². The fraction of sp³-hybridized carbons (Fsp3) is 0.500. The molecule has 0 unspecified atom stereocenters. The van der Waals surface area contributed by atoms with Gasteiger partial charge in [0.1, 0.15) is 8.64 Å². The molecule has 0 aromatic rings. The van der Waals surface area contributed by atoms with Crippen molar-refractivity contribution in [2.45, 2.75) is 0 Å². The molecule has 0 saturated carbocycles. The third-order valence-electron chi connectivity index (χ3n) is 1.34. The van der Waals surface area contributed by atoms with Gasteiger partial charge in [0, 0.05) is 13.1 Å². The van der Waals surface area contributed by atoms with Gasteiger partial charge in [-0.05, 0) is 18.1 Å². The molecule has 0 rings (SSSR count). The van der Waals surface area contributed by atoms with E-state index in [-0.39, 0.29) is 0 Å². The Morgan fingerprint density at radius 2 is 1.43 bits per heavy atom. The second-order valence-corrected chi connectivity index (χ2v) is 5.41. The summed E-state index contributed by atoms with van der Waals surface area (Å²) in [6.07, 6.45) is 3.89. The van der Waals surface area contributed by atoms with Crippen molar-refractivity contribution >= 4 is 56.6 Å². The van der Waals surface area contributed by atoms with Gasteiger partial charge >= 0.3 is 0 Å². The van der Waals surface area contributed by atoms with Crippen LogP contribution in [0.3, 0.4) is 0 Å². The first kappa shape index (κ1) is 14.2. The first-order chi connectivity index (χ1) is 6.60. The lowest BCUT2D eigenvalue weighted by atomic mass is 10.3. The minimum Gasteiger partial charge on any atom is -0.367 e. The molecule has 0 spiro atoms. The molecule has 0 saturated heterocycles. The van der Waals surface area contributed by atoms with Gasteiger partial charge in [0.2, 0.25) is 0 Å². The number of nitrogens with one attached hydrogen (secondary N) is 2. The Kier molecular flexibility index (Phi) is 8.66. The van der Waals surface area contributed by atoms with E-state index in [9.17, 15) is 0 Å². The van der Waals surface area contributed by atoms with Gasteiger partial charge in [-0.1, -0.05) is 31.0 Å². The summed E-state index contributed by atoms with van der Waals surface area (Å²) in [5, 5.41) is 6.16. The molecule has 0 aliphatic rings. The fourth-order valence-electron chi connectivity index (χ4n) is 0.601. The molecule has 14 heavy (non-hydrogen) atoms. The van der Waals surface area contributed by atoms with E-state index in [1.165, 1.54) is 23.5 Å². The van der Waals surface area contributed by atoms with E-state index < -0.39 is 0 Å². The Bertz CT molecular complexity index is 205. The molecule has 0 amide bonds. The lowest BCUT2D eigenvalue weighted by molar-refractivity contribution is 0.918. The van der Waals surface area contributed by atoms with E-state index >= 15 is 0 Å². The number of thioether (sulfide) groups is 2. The quantitative estimate of drug-likeness (QED) is 0.596. The Hall–Kier alpha value is 0.220. The molecule has 0 aromatic carbocycles. The molecular weight excluding hydrogens is 252 g/mol. The van der Waals surface area contributed by atoms with E-state index in [1.54, 1.807) is 0 Å². The van der Waals surface area contributed by atoms with Crippen LogP contribution < -0.4 is 10.6 Å². The third-order valence-corrected chi connectivity index (χ3v) is 3.66. The SMILES string of the molecule is C=C(CNC(=S)SC)CNC(=S)SC. The topological polar surface area (TPSA) is 24.1 Å². The van der Waals surface area contributed by atoms with Crippen LogP contribution in [-0.4, -0.2) is 34.2 Å². The van der Waals surface area contributed by atoms with Gasteiger partial charge < -0.3 is 10.6 Å².